The average molecular weight is 284 g/mol. The van der Waals surface area contributed by atoms with Crippen molar-refractivity contribution in [1.82, 2.24) is 19.6 Å². The van der Waals surface area contributed by atoms with Crippen LogP contribution in [-0.4, -0.2) is 31.4 Å². The van der Waals surface area contributed by atoms with Crippen LogP contribution in [0.5, 0.6) is 0 Å². The van der Waals surface area contributed by atoms with Crippen LogP contribution in [0.3, 0.4) is 0 Å². The highest BCUT2D eigenvalue weighted by Crippen LogP contribution is 2.30. The maximum Gasteiger partial charge on any atom is 0.274 e. The Balaban J connectivity index is 2.07. The lowest BCUT2D eigenvalue weighted by molar-refractivity contribution is 0.0915. The van der Waals surface area contributed by atoms with Gasteiger partial charge in [-0.3, -0.25) is 9.59 Å². The smallest absolute Gasteiger partial charge is 0.273 e. The second-order valence-electron chi connectivity index (χ2n) is 5.20. The highest BCUT2D eigenvalue weighted by Gasteiger charge is 2.26. The van der Waals surface area contributed by atoms with Gasteiger partial charge in [0.1, 0.15) is 0 Å². The molecule has 21 heavy (non-hydrogen) atoms. The summed E-state index contributed by atoms with van der Waals surface area (Å²) in [6, 6.07) is 0. The van der Waals surface area contributed by atoms with Crippen LogP contribution < -0.4 is 0 Å². The number of rotatable bonds is 2. The zero-order valence-electron chi connectivity index (χ0n) is 12.3. The molecule has 3 heterocycles. The molecule has 0 saturated heterocycles. The summed E-state index contributed by atoms with van der Waals surface area (Å²) in [5.74, 6) is -0.204. The van der Waals surface area contributed by atoms with E-state index in [-0.39, 0.29) is 11.8 Å². The number of hydrogen-bond donors (Lipinski definition) is 0. The van der Waals surface area contributed by atoms with E-state index in [1.54, 1.807) is 18.6 Å². The Morgan fingerprint density at radius 2 is 2.10 bits per heavy atom. The van der Waals surface area contributed by atoms with Gasteiger partial charge in [-0.25, -0.2) is 9.36 Å². The minimum atomic E-state index is -0.150. The van der Waals surface area contributed by atoms with Gasteiger partial charge in [0, 0.05) is 36.2 Å². The highest BCUT2D eigenvalue weighted by molar-refractivity contribution is 5.98. The first kappa shape index (κ1) is 13.5. The second-order valence-corrected chi connectivity index (χ2v) is 5.20. The van der Waals surface area contributed by atoms with E-state index in [0.717, 1.165) is 28.0 Å². The largest absolute Gasteiger partial charge is 0.274 e. The van der Waals surface area contributed by atoms with Gasteiger partial charge in [0.2, 0.25) is 5.91 Å². The summed E-state index contributed by atoms with van der Waals surface area (Å²) in [6.45, 7) is 5.41. The van der Waals surface area contributed by atoms with Crippen molar-refractivity contribution < 1.29 is 9.59 Å². The van der Waals surface area contributed by atoms with E-state index < -0.39 is 0 Å². The van der Waals surface area contributed by atoms with Crippen molar-refractivity contribution in [3.05, 3.63) is 35.4 Å². The molecule has 2 aromatic heterocycles. The van der Waals surface area contributed by atoms with Crippen LogP contribution in [0.25, 0.3) is 11.1 Å². The second kappa shape index (κ2) is 4.80. The third kappa shape index (κ3) is 2.03. The Kier molecular flexibility index (Phi) is 3.08. The molecule has 0 fully saturated rings. The van der Waals surface area contributed by atoms with Crippen molar-refractivity contribution in [2.75, 3.05) is 0 Å². The van der Waals surface area contributed by atoms with E-state index in [9.17, 15) is 9.59 Å². The molecule has 6 heteroatoms. The SMILES string of the molecule is CCC1=C(C)Cc2c(-c3cnn(C(C)=O)c3)cnn2C1=O. The third-order valence-corrected chi connectivity index (χ3v) is 3.84. The summed E-state index contributed by atoms with van der Waals surface area (Å²) in [5.41, 5.74) is 4.42. The lowest BCUT2D eigenvalue weighted by atomic mass is 9.96. The number of carbonyl (C=O) groups is 2. The predicted molar refractivity (Wildman–Crippen MR) is 77.1 cm³/mol. The molecule has 108 valence electrons. The van der Waals surface area contributed by atoms with Crippen molar-refractivity contribution in [2.45, 2.75) is 33.6 Å². The summed E-state index contributed by atoms with van der Waals surface area (Å²) in [4.78, 5) is 23.7. The zero-order chi connectivity index (χ0) is 15.1. The van der Waals surface area contributed by atoms with E-state index in [4.69, 9.17) is 0 Å². The average Bonchev–Trinajstić information content (AvgIpc) is 3.04. The fourth-order valence-corrected chi connectivity index (χ4v) is 2.72. The normalized spacial score (nSPS) is 14.5. The van der Waals surface area contributed by atoms with Crippen LogP contribution in [-0.2, 0) is 6.42 Å². The van der Waals surface area contributed by atoms with Crippen molar-refractivity contribution in [1.29, 1.82) is 0 Å². The van der Waals surface area contributed by atoms with Crippen LogP contribution in [0.1, 0.15) is 42.5 Å². The van der Waals surface area contributed by atoms with Crippen LogP contribution in [0.15, 0.2) is 29.7 Å². The molecule has 0 bridgehead atoms. The predicted octanol–water partition coefficient (Wildman–Crippen LogP) is 2.33. The molecule has 0 spiro atoms. The maximum absolute atomic E-state index is 12.4. The van der Waals surface area contributed by atoms with Crippen LogP contribution in [0.2, 0.25) is 0 Å². The Hall–Kier alpha value is -2.50. The minimum Gasteiger partial charge on any atom is -0.273 e. The van der Waals surface area contributed by atoms with E-state index >= 15 is 0 Å². The summed E-state index contributed by atoms with van der Waals surface area (Å²) in [6.07, 6.45) is 6.36. The summed E-state index contributed by atoms with van der Waals surface area (Å²) < 4.78 is 2.75. The van der Waals surface area contributed by atoms with Crippen molar-refractivity contribution in [3.8, 4) is 11.1 Å². The fourth-order valence-electron chi connectivity index (χ4n) is 2.72. The third-order valence-electron chi connectivity index (χ3n) is 3.84. The van der Waals surface area contributed by atoms with Gasteiger partial charge in [-0.15, -0.1) is 0 Å². The minimum absolute atomic E-state index is 0.0542. The van der Waals surface area contributed by atoms with Gasteiger partial charge < -0.3 is 0 Å². The van der Waals surface area contributed by atoms with Gasteiger partial charge in [0.15, 0.2) is 0 Å². The van der Waals surface area contributed by atoms with E-state index in [1.807, 2.05) is 13.8 Å². The van der Waals surface area contributed by atoms with Crippen molar-refractivity contribution >= 4 is 11.8 Å². The zero-order valence-corrected chi connectivity index (χ0v) is 12.3. The first-order valence-corrected chi connectivity index (χ1v) is 6.89. The molecule has 0 N–H and O–H groups in total. The molecule has 0 amide bonds. The summed E-state index contributed by atoms with van der Waals surface area (Å²) in [7, 11) is 0. The number of aromatic nitrogens is 4. The van der Waals surface area contributed by atoms with Gasteiger partial charge in [0.05, 0.1) is 18.1 Å². The lowest BCUT2D eigenvalue weighted by Crippen LogP contribution is -2.23. The molecule has 0 aromatic carbocycles. The number of carbonyl (C=O) groups excluding carboxylic acids is 2. The number of fused-ring (bicyclic) bond motifs is 1. The van der Waals surface area contributed by atoms with E-state index in [2.05, 4.69) is 10.2 Å². The molecule has 1 aliphatic heterocycles. The van der Waals surface area contributed by atoms with Crippen molar-refractivity contribution in [2.24, 2.45) is 0 Å². The first-order valence-electron chi connectivity index (χ1n) is 6.89. The van der Waals surface area contributed by atoms with Crippen LogP contribution in [0.4, 0.5) is 0 Å². The number of hydrogen-bond acceptors (Lipinski definition) is 4. The van der Waals surface area contributed by atoms with E-state index in [1.165, 1.54) is 16.3 Å². The lowest BCUT2D eigenvalue weighted by Gasteiger charge is -2.18. The number of nitrogens with zero attached hydrogens (tertiary/aromatic N) is 4. The molecule has 2 aromatic rings. The van der Waals surface area contributed by atoms with Gasteiger partial charge in [-0.05, 0) is 13.3 Å². The molecule has 0 unspecified atom stereocenters. The Bertz CT molecular complexity index is 779. The maximum atomic E-state index is 12.4. The Labute approximate surface area is 122 Å². The Morgan fingerprint density at radius 1 is 1.33 bits per heavy atom. The topological polar surface area (TPSA) is 69.8 Å². The van der Waals surface area contributed by atoms with Gasteiger partial charge in [0.25, 0.3) is 5.91 Å². The molecule has 6 nitrogen and oxygen atoms in total. The molecule has 0 atom stereocenters. The van der Waals surface area contributed by atoms with Gasteiger partial charge in [-0.2, -0.15) is 10.2 Å². The van der Waals surface area contributed by atoms with Gasteiger partial charge in [-0.1, -0.05) is 12.5 Å². The molecule has 0 saturated carbocycles. The Morgan fingerprint density at radius 3 is 2.71 bits per heavy atom. The standard InChI is InChI=1S/C15H16N4O2/c1-4-12-9(2)5-14-13(7-17-19(14)15(12)21)11-6-16-18(8-11)10(3)20/h6-8H,4-5H2,1-3H3. The van der Waals surface area contributed by atoms with Crippen LogP contribution in [0, 0.1) is 0 Å². The van der Waals surface area contributed by atoms with Crippen molar-refractivity contribution in [3.63, 3.8) is 0 Å². The van der Waals surface area contributed by atoms with Crippen LogP contribution >= 0.6 is 0 Å². The number of allylic oxidation sites excluding steroid dienone is 2. The molecule has 3 rings (SSSR count). The van der Waals surface area contributed by atoms with E-state index in [0.29, 0.717) is 12.8 Å². The summed E-state index contributed by atoms with van der Waals surface area (Å²) >= 11 is 0. The monoisotopic (exact) mass is 284 g/mol. The quantitative estimate of drug-likeness (QED) is 0.848. The molecule has 0 aliphatic carbocycles. The molecule has 1 aliphatic rings. The molecular formula is C15H16N4O2. The van der Waals surface area contributed by atoms with Gasteiger partial charge >= 0.3 is 0 Å². The summed E-state index contributed by atoms with van der Waals surface area (Å²) in [5, 5.41) is 8.23. The molecular weight excluding hydrogens is 268 g/mol. The fraction of sp³-hybridized carbons (Fsp3) is 0.333. The molecule has 0 radical (unpaired) electrons. The first-order chi connectivity index (χ1) is 10.0. The highest BCUT2D eigenvalue weighted by atomic mass is 16.2.